The van der Waals surface area contributed by atoms with Gasteiger partial charge in [-0.1, -0.05) is 11.8 Å². The van der Waals surface area contributed by atoms with Crippen molar-refractivity contribution in [3.05, 3.63) is 39.4 Å². The van der Waals surface area contributed by atoms with Gasteiger partial charge >= 0.3 is 6.18 Å². The summed E-state index contributed by atoms with van der Waals surface area (Å²) in [6, 6.07) is 2.30. The molecule has 0 aliphatic carbocycles. The number of nitrogens with one attached hydrogen (secondary N) is 1. The monoisotopic (exact) mass is 258 g/mol. The third-order valence-electron chi connectivity index (χ3n) is 2.01. The van der Waals surface area contributed by atoms with Gasteiger partial charge in [0.2, 0.25) is 0 Å². The summed E-state index contributed by atoms with van der Waals surface area (Å²) in [5.41, 5.74) is -1.79. The number of rotatable bonds is 2. The van der Waals surface area contributed by atoms with Gasteiger partial charge in [0.05, 0.1) is 17.0 Å². The van der Waals surface area contributed by atoms with Crippen LogP contribution in [0.1, 0.15) is 11.1 Å². The van der Waals surface area contributed by atoms with Crippen LogP contribution in [0.2, 0.25) is 0 Å². The van der Waals surface area contributed by atoms with Crippen LogP contribution in [-0.2, 0) is 6.18 Å². The number of nitro groups is 1. The van der Waals surface area contributed by atoms with E-state index in [0.717, 1.165) is 12.1 Å². The minimum atomic E-state index is -4.58. The van der Waals surface area contributed by atoms with Crippen molar-refractivity contribution in [2.24, 2.45) is 0 Å². The molecule has 1 aromatic rings. The van der Waals surface area contributed by atoms with E-state index in [9.17, 15) is 23.3 Å². The molecule has 1 rings (SSSR count). The molecule has 0 saturated heterocycles. The Morgan fingerprint density at radius 1 is 1.44 bits per heavy atom. The molecule has 0 aliphatic rings. The molecule has 0 unspecified atom stereocenters. The van der Waals surface area contributed by atoms with Crippen molar-refractivity contribution in [3.8, 4) is 11.8 Å². The number of hydrogen-bond donors (Lipinski definition) is 1. The predicted molar refractivity (Wildman–Crippen MR) is 58.9 cm³/mol. The molecule has 0 heterocycles. The van der Waals surface area contributed by atoms with E-state index in [1.54, 1.807) is 7.05 Å². The molecule has 18 heavy (non-hydrogen) atoms. The van der Waals surface area contributed by atoms with E-state index in [1.807, 2.05) is 0 Å². The van der Waals surface area contributed by atoms with Crippen LogP contribution >= 0.6 is 0 Å². The number of halogens is 3. The lowest BCUT2D eigenvalue weighted by Gasteiger charge is -2.08. The molecule has 7 heteroatoms. The average molecular weight is 258 g/mol. The average Bonchev–Trinajstić information content (AvgIpc) is 2.27. The van der Waals surface area contributed by atoms with Crippen LogP contribution in [0.15, 0.2) is 18.2 Å². The topological polar surface area (TPSA) is 55.2 Å². The normalized spacial score (nSPS) is 10.7. The number of benzene rings is 1. The Hall–Kier alpha value is -2.07. The van der Waals surface area contributed by atoms with Gasteiger partial charge < -0.3 is 5.32 Å². The summed E-state index contributed by atoms with van der Waals surface area (Å²) in [5.74, 6) is 4.73. The van der Waals surface area contributed by atoms with Crippen molar-refractivity contribution in [3.63, 3.8) is 0 Å². The smallest absolute Gasteiger partial charge is 0.309 e. The molecule has 0 spiro atoms. The van der Waals surface area contributed by atoms with E-state index >= 15 is 0 Å². The second-order valence-corrected chi connectivity index (χ2v) is 3.32. The summed E-state index contributed by atoms with van der Waals surface area (Å²) in [6.45, 7) is 0.194. The lowest BCUT2D eigenvalue weighted by Crippen LogP contribution is -2.09. The Bertz CT molecular complexity index is 515. The molecular weight excluding hydrogens is 249 g/mol. The van der Waals surface area contributed by atoms with Crippen molar-refractivity contribution < 1.29 is 18.1 Å². The highest BCUT2D eigenvalue weighted by Crippen LogP contribution is 2.33. The van der Waals surface area contributed by atoms with E-state index in [4.69, 9.17) is 0 Å². The third-order valence-corrected chi connectivity index (χ3v) is 2.01. The molecular formula is C11H9F3N2O2. The van der Waals surface area contributed by atoms with Gasteiger partial charge in [-0.05, 0) is 13.1 Å². The largest absolute Gasteiger partial charge is 0.417 e. The summed E-state index contributed by atoms with van der Waals surface area (Å²) in [5, 5.41) is 13.2. The minimum absolute atomic E-state index is 0.194. The fourth-order valence-electron chi connectivity index (χ4n) is 1.22. The highest BCUT2D eigenvalue weighted by Gasteiger charge is 2.33. The van der Waals surface area contributed by atoms with Crippen molar-refractivity contribution in [2.45, 2.75) is 6.18 Å². The van der Waals surface area contributed by atoms with Gasteiger partial charge in [-0.2, -0.15) is 13.2 Å². The molecule has 0 aromatic heterocycles. The van der Waals surface area contributed by atoms with Gasteiger partial charge in [-0.3, -0.25) is 10.1 Å². The van der Waals surface area contributed by atoms with Gasteiger partial charge in [-0.15, -0.1) is 0 Å². The fourth-order valence-corrected chi connectivity index (χ4v) is 1.22. The molecule has 0 fully saturated rings. The molecule has 1 aromatic carbocycles. The van der Waals surface area contributed by atoms with E-state index in [-0.39, 0.29) is 6.54 Å². The predicted octanol–water partition coefficient (Wildman–Crippen LogP) is 2.18. The first-order valence-electron chi connectivity index (χ1n) is 4.85. The summed E-state index contributed by atoms with van der Waals surface area (Å²) in [6.07, 6.45) is -4.58. The Morgan fingerprint density at radius 3 is 2.61 bits per heavy atom. The maximum Gasteiger partial charge on any atom is 0.417 e. The Balaban J connectivity index is 3.28. The van der Waals surface area contributed by atoms with Gasteiger partial charge in [0.25, 0.3) is 5.69 Å². The highest BCUT2D eigenvalue weighted by molar-refractivity contribution is 5.49. The number of non-ortho nitro benzene ring substituents is 1. The second-order valence-electron chi connectivity index (χ2n) is 3.32. The third kappa shape index (κ3) is 3.46. The molecule has 4 nitrogen and oxygen atoms in total. The second kappa shape index (κ2) is 5.51. The molecule has 96 valence electrons. The zero-order valence-electron chi connectivity index (χ0n) is 9.34. The van der Waals surface area contributed by atoms with E-state index in [0.29, 0.717) is 6.07 Å². The first-order chi connectivity index (χ1) is 8.36. The molecule has 0 aliphatic heterocycles. The first kappa shape index (κ1) is 14.0. The lowest BCUT2D eigenvalue weighted by atomic mass is 10.1. The molecule has 0 atom stereocenters. The summed E-state index contributed by atoms with van der Waals surface area (Å²) in [4.78, 5) is 9.75. The number of nitro benzene ring substituents is 1. The lowest BCUT2D eigenvalue weighted by molar-refractivity contribution is -0.384. The zero-order valence-corrected chi connectivity index (χ0v) is 9.34. The van der Waals surface area contributed by atoms with Crippen molar-refractivity contribution in [1.82, 2.24) is 5.32 Å². The number of alkyl halides is 3. The zero-order chi connectivity index (χ0) is 13.8. The maximum atomic E-state index is 12.6. The van der Waals surface area contributed by atoms with Crippen molar-refractivity contribution >= 4 is 5.69 Å². The molecule has 0 radical (unpaired) electrons. The molecule has 0 bridgehead atoms. The Morgan fingerprint density at radius 2 is 2.11 bits per heavy atom. The maximum absolute atomic E-state index is 12.6. The SMILES string of the molecule is CNCC#Cc1cc([N+](=O)[O-])ccc1C(F)(F)F. The standard InChI is InChI=1S/C11H9F3N2O2/c1-15-6-2-3-8-7-9(16(17)18)4-5-10(8)11(12,13)14/h4-5,7,15H,6H2,1H3. The van der Waals surface area contributed by atoms with Crippen LogP contribution in [0.4, 0.5) is 18.9 Å². The van der Waals surface area contributed by atoms with Crippen LogP contribution < -0.4 is 5.32 Å². The summed E-state index contributed by atoms with van der Waals surface area (Å²) >= 11 is 0. The van der Waals surface area contributed by atoms with Crippen molar-refractivity contribution in [1.29, 1.82) is 0 Å². The number of hydrogen-bond acceptors (Lipinski definition) is 3. The highest BCUT2D eigenvalue weighted by atomic mass is 19.4. The van der Waals surface area contributed by atoms with E-state index in [2.05, 4.69) is 17.2 Å². The first-order valence-corrected chi connectivity index (χ1v) is 4.85. The summed E-state index contributed by atoms with van der Waals surface area (Å²) in [7, 11) is 1.59. The van der Waals surface area contributed by atoms with E-state index < -0.39 is 27.9 Å². The quantitative estimate of drug-likeness (QED) is 0.502. The van der Waals surface area contributed by atoms with Crippen LogP contribution in [0.25, 0.3) is 0 Å². The van der Waals surface area contributed by atoms with Crippen LogP contribution in [-0.4, -0.2) is 18.5 Å². The Labute approximate surface area is 101 Å². The van der Waals surface area contributed by atoms with Crippen LogP contribution in [0.3, 0.4) is 0 Å². The molecule has 1 N–H and O–H groups in total. The summed E-state index contributed by atoms with van der Waals surface area (Å²) < 4.78 is 37.9. The Kier molecular flexibility index (Phi) is 4.28. The van der Waals surface area contributed by atoms with E-state index in [1.165, 1.54) is 0 Å². The van der Waals surface area contributed by atoms with Crippen molar-refractivity contribution in [2.75, 3.05) is 13.6 Å². The number of nitrogens with zero attached hydrogens (tertiary/aromatic N) is 1. The molecule has 0 amide bonds. The fraction of sp³-hybridized carbons (Fsp3) is 0.273. The van der Waals surface area contributed by atoms with Gasteiger partial charge in [0, 0.05) is 17.7 Å². The van der Waals surface area contributed by atoms with Gasteiger partial charge in [0.1, 0.15) is 0 Å². The van der Waals surface area contributed by atoms with Gasteiger partial charge in [-0.25, -0.2) is 0 Å². The van der Waals surface area contributed by atoms with Gasteiger partial charge in [0.15, 0.2) is 0 Å². The molecule has 0 saturated carbocycles. The minimum Gasteiger partial charge on any atom is -0.309 e. The van der Waals surface area contributed by atoms with Crippen LogP contribution in [0.5, 0.6) is 0 Å². The van der Waals surface area contributed by atoms with Crippen LogP contribution in [0, 0.1) is 22.0 Å².